The first-order chi connectivity index (χ1) is 15.9. The predicted octanol–water partition coefficient (Wildman–Crippen LogP) is 4.57. The number of methoxy groups -OCH3 is 2. The molecular weight excluding hydrogens is 420 g/mol. The number of amides is 1. The van der Waals surface area contributed by atoms with Gasteiger partial charge < -0.3 is 13.9 Å². The summed E-state index contributed by atoms with van der Waals surface area (Å²) in [6.07, 6.45) is 0. The molecular formula is C26H22N2O5. The highest BCUT2D eigenvalue weighted by atomic mass is 16.5. The average Bonchev–Trinajstić information content (AvgIpc) is 3.11. The molecule has 1 atom stereocenters. The highest BCUT2D eigenvalue weighted by Gasteiger charge is 2.44. The number of aromatic nitrogens is 1. The molecule has 7 heteroatoms. The molecule has 1 aliphatic rings. The van der Waals surface area contributed by atoms with Crippen molar-refractivity contribution in [1.82, 2.24) is 4.98 Å². The topological polar surface area (TPSA) is 81.9 Å². The zero-order valence-corrected chi connectivity index (χ0v) is 18.7. The molecule has 4 aromatic rings. The van der Waals surface area contributed by atoms with Crippen molar-refractivity contribution in [3.05, 3.63) is 93.0 Å². The highest BCUT2D eigenvalue weighted by molar-refractivity contribution is 6.10. The van der Waals surface area contributed by atoms with E-state index in [1.807, 2.05) is 38.1 Å². The van der Waals surface area contributed by atoms with Gasteiger partial charge in [0.05, 0.1) is 31.2 Å². The van der Waals surface area contributed by atoms with E-state index < -0.39 is 11.9 Å². The van der Waals surface area contributed by atoms with Crippen molar-refractivity contribution in [2.24, 2.45) is 0 Å². The maximum atomic E-state index is 13.7. The van der Waals surface area contributed by atoms with Crippen LogP contribution in [0.2, 0.25) is 0 Å². The molecule has 1 unspecified atom stereocenters. The molecule has 1 aliphatic heterocycles. The Morgan fingerprint density at radius 3 is 2.45 bits per heavy atom. The van der Waals surface area contributed by atoms with Gasteiger partial charge in [0, 0.05) is 5.69 Å². The second-order valence-corrected chi connectivity index (χ2v) is 8.00. The Balaban J connectivity index is 1.82. The van der Waals surface area contributed by atoms with E-state index in [2.05, 4.69) is 4.98 Å². The molecule has 0 aliphatic carbocycles. The summed E-state index contributed by atoms with van der Waals surface area (Å²) >= 11 is 0. The standard InChI is InChI=1S/C26H22N2O5/c1-14-8-10-18-17(12-14)24(29)22-23(16-9-11-19(31-3)20(13-16)32-4)28(26(30)25(22)33-18)21-7-5-6-15(2)27-21/h5-13,23H,1-4H3. The highest BCUT2D eigenvalue weighted by Crippen LogP contribution is 2.42. The van der Waals surface area contributed by atoms with Crippen molar-refractivity contribution in [3.63, 3.8) is 0 Å². The Hall–Kier alpha value is -4.13. The van der Waals surface area contributed by atoms with Gasteiger partial charge in [-0.15, -0.1) is 0 Å². The van der Waals surface area contributed by atoms with E-state index in [4.69, 9.17) is 13.9 Å². The van der Waals surface area contributed by atoms with Crippen molar-refractivity contribution in [1.29, 1.82) is 0 Å². The Labute approximate surface area is 190 Å². The first-order valence-corrected chi connectivity index (χ1v) is 10.5. The first-order valence-electron chi connectivity index (χ1n) is 10.5. The van der Waals surface area contributed by atoms with E-state index in [1.54, 1.807) is 44.6 Å². The van der Waals surface area contributed by atoms with Crippen molar-refractivity contribution >= 4 is 22.7 Å². The molecule has 0 spiro atoms. The fraction of sp³-hybridized carbons (Fsp3) is 0.192. The molecule has 0 fully saturated rings. The van der Waals surface area contributed by atoms with Crippen LogP contribution < -0.4 is 19.8 Å². The van der Waals surface area contributed by atoms with Crippen LogP contribution in [0.3, 0.4) is 0 Å². The molecule has 0 radical (unpaired) electrons. The third kappa shape index (κ3) is 3.24. The Kier molecular flexibility index (Phi) is 4.89. The van der Waals surface area contributed by atoms with Crippen LogP contribution in [-0.4, -0.2) is 25.1 Å². The summed E-state index contributed by atoms with van der Waals surface area (Å²) in [5, 5.41) is 0.436. The summed E-state index contributed by atoms with van der Waals surface area (Å²) in [5.74, 6) is 1.09. The molecule has 1 amide bonds. The molecule has 33 heavy (non-hydrogen) atoms. The van der Waals surface area contributed by atoms with Gasteiger partial charge in [-0.05, 0) is 55.8 Å². The van der Waals surface area contributed by atoms with Gasteiger partial charge in [-0.25, -0.2) is 4.98 Å². The van der Waals surface area contributed by atoms with Gasteiger partial charge in [-0.1, -0.05) is 23.8 Å². The minimum atomic E-state index is -0.734. The third-order valence-electron chi connectivity index (χ3n) is 5.87. The SMILES string of the molecule is COc1ccc(C2c3c(oc4ccc(C)cc4c3=O)C(=O)N2c2cccc(C)n2)cc1OC. The van der Waals surface area contributed by atoms with Crippen LogP contribution in [0.15, 0.2) is 63.8 Å². The Bertz CT molecular complexity index is 1470. The normalized spacial score (nSPS) is 15.1. The molecule has 5 rings (SSSR count). The molecule has 3 heterocycles. The summed E-state index contributed by atoms with van der Waals surface area (Å²) in [5.41, 5.74) is 2.79. The number of hydrogen-bond acceptors (Lipinski definition) is 6. The van der Waals surface area contributed by atoms with E-state index in [0.29, 0.717) is 33.8 Å². The minimum absolute atomic E-state index is 0.0273. The quantitative estimate of drug-likeness (QED) is 0.460. The van der Waals surface area contributed by atoms with Crippen LogP contribution in [-0.2, 0) is 0 Å². The first kappa shape index (κ1) is 20.8. The maximum absolute atomic E-state index is 13.7. The van der Waals surface area contributed by atoms with Crippen LogP contribution in [0.25, 0.3) is 11.0 Å². The van der Waals surface area contributed by atoms with Crippen LogP contribution in [0.4, 0.5) is 5.82 Å². The van der Waals surface area contributed by atoms with Crippen molar-refractivity contribution in [3.8, 4) is 11.5 Å². The molecule has 0 bridgehead atoms. The summed E-state index contributed by atoms with van der Waals surface area (Å²) in [4.78, 5) is 33.4. The number of nitrogens with zero attached hydrogens (tertiary/aromatic N) is 2. The number of hydrogen-bond donors (Lipinski definition) is 0. The average molecular weight is 442 g/mol. The molecule has 0 N–H and O–H groups in total. The lowest BCUT2D eigenvalue weighted by Gasteiger charge is -2.25. The van der Waals surface area contributed by atoms with Gasteiger partial charge in [-0.2, -0.15) is 0 Å². The van der Waals surface area contributed by atoms with E-state index in [0.717, 1.165) is 11.3 Å². The lowest BCUT2D eigenvalue weighted by molar-refractivity contribution is 0.0970. The number of carbonyl (C=O) groups is 1. The molecule has 0 saturated carbocycles. The fourth-order valence-electron chi connectivity index (χ4n) is 4.32. The largest absolute Gasteiger partial charge is 0.493 e. The Morgan fingerprint density at radius 2 is 1.73 bits per heavy atom. The molecule has 0 saturated heterocycles. The minimum Gasteiger partial charge on any atom is -0.493 e. The van der Waals surface area contributed by atoms with E-state index in [9.17, 15) is 9.59 Å². The fourth-order valence-corrected chi connectivity index (χ4v) is 4.32. The monoisotopic (exact) mass is 442 g/mol. The lowest BCUT2D eigenvalue weighted by atomic mass is 9.97. The number of benzene rings is 2. The number of fused-ring (bicyclic) bond motifs is 2. The number of anilines is 1. The smallest absolute Gasteiger partial charge is 0.296 e. The zero-order chi connectivity index (χ0) is 23.3. The van der Waals surface area contributed by atoms with E-state index in [-0.39, 0.29) is 16.8 Å². The molecule has 2 aromatic carbocycles. The number of aryl methyl sites for hydroxylation is 2. The van der Waals surface area contributed by atoms with Gasteiger partial charge >= 0.3 is 0 Å². The summed E-state index contributed by atoms with van der Waals surface area (Å²) in [6, 6.07) is 15.4. The van der Waals surface area contributed by atoms with Gasteiger partial charge in [0.15, 0.2) is 16.9 Å². The van der Waals surface area contributed by atoms with Crippen LogP contribution >= 0.6 is 0 Å². The number of pyridine rings is 1. The summed E-state index contributed by atoms with van der Waals surface area (Å²) < 4.78 is 16.9. The summed E-state index contributed by atoms with van der Waals surface area (Å²) in [6.45, 7) is 3.76. The predicted molar refractivity (Wildman–Crippen MR) is 124 cm³/mol. The van der Waals surface area contributed by atoms with E-state index in [1.165, 1.54) is 4.90 Å². The molecule has 166 valence electrons. The number of ether oxygens (including phenoxy) is 2. The third-order valence-corrected chi connectivity index (χ3v) is 5.87. The van der Waals surface area contributed by atoms with Crippen molar-refractivity contribution in [2.45, 2.75) is 19.9 Å². The van der Waals surface area contributed by atoms with Gasteiger partial charge in [0.25, 0.3) is 5.91 Å². The Morgan fingerprint density at radius 1 is 0.939 bits per heavy atom. The van der Waals surface area contributed by atoms with Gasteiger partial charge in [0.1, 0.15) is 11.4 Å². The van der Waals surface area contributed by atoms with Gasteiger partial charge in [0.2, 0.25) is 5.76 Å². The van der Waals surface area contributed by atoms with Crippen molar-refractivity contribution < 1.29 is 18.7 Å². The second kappa shape index (κ2) is 7.78. The van der Waals surface area contributed by atoms with E-state index >= 15 is 0 Å². The van der Waals surface area contributed by atoms with Crippen LogP contribution in [0.5, 0.6) is 11.5 Å². The van der Waals surface area contributed by atoms with Crippen LogP contribution in [0.1, 0.15) is 39.0 Å². The zero-order valence-electron chi connectivity index (χ0n) is 18.7. The second-order valence-electron chi connectivity index (χ2n) is 8.00. The number of rotatable bonds is 4. The summed E-state index contributed by atoms with van der Waals surface area (Å²) in [7, 11) is 3.10. The number of carbonyl (C=O) groups excluding carboxylic acids is 1. The van der Waals surface area contributed by atoms with Crippen molar-refractivity contribution in [2.75, 3.05) is 19.1 Å². The lowest BCUT2D eigenvalue weighted by Crippen LogP contribution is -2.30. The maximum Gasteiger partial charge on any atom is 0.296 e. The molecule has 2 aromatic heterocycles. The molecule has 7 nitrogen and oxygen atoms in total. The van der Waals surface area contributed by atoms with Gasteiger partial charge in [-0.3, -0.25) is 14.5 Å². The van der Waals surface area contributed by atoms with Crippen LogP contribution in [0, 0.1) is 13.8 Å².